The highest BCUT2D eigenvalue weighted by Gasteiger charge is 2.46. The number of carbonyl (C=O) groups is 3. The van der Waals surface area contributed by atoms with Crippen LogP contribution in [0.1, 0.15) is 49.8 Å². The van der Waals surface area contributed by atoms with Crippen molar-refractivity contribution in [1.29, 1.82) is 0 Å². The van der Waals surface area contributed by atoms with Gasteiger partial charge in [0.25, 0.3) is 0 Å². The number of rotatable bonds is 11. The lowest BCUT2D eigenvalue weighted by molar-refractivity contribution is -0.171. The van der Waals surface area contributed by atoms with Gasteiger partial charge < -0.3 is 19.5 Å². The minimum atomic E-state index is -5.43. The fraction of sp³-hybridized carbons (Fsp3) is 0.483. The molecular weight excluding hydrogens is 548 g/mol. The summed E-state index contributed by atoms with van der Waals surface area (Å²) in [6.45, 7) is 2.52. The summed E-state index contributed by atoms with van der Waals surface area (Å²) in [4.78, 5) is 37.8. The third-order valence-electron chi connectivity index (χ3n) is 6.95. The number of esters is 1. The van der Waals surface area contributed by atoms with Gasteiger partial charge in [-0.25, -0.2) is 9.18 Å². The molecule has 2 amide bonds. The van der Waals surface area contributed by atoms with E-state index in [1.807, 2.05) is 13.8 Å². The summed E-state index contributed by atoms with van der Waals surface area (Å²) in [5, 5.41) is 9.85. The van der Waals surface area contributed by atoms with Crippen molar-refractivity contribution in [3.05, 3.63) is 58.9 Å². The Morgan fingerprint density at radius 3 is 2.44 bits per heavy atom. The predicted molar refractivity (Wildman–Crippen MR) is 142 cm³/mol. The van der Waals surface area contributed by atoms with E-state index in [4.69, 9.17) is 4.74 Å². The fourth-order valence-corrected chi connectivity index (χ4v) is 4.85. The summed E-state index contributed by atoms with van der Waals surface area (Å²) >= 11 is 0. The molecule has 0 aromatic heterocycles. The van der Waals surface area contributed by atoms with E-state index in [1.165, 1.54) is 11.0 Å². The van der Waals surface area contributed by atoms with Crippen LogP contribution >= 0.6 is 0 Å². The van der Waals surface area contributed by atoms with Crippen LogP contribution in [0.5, 0.6) is 5.75 Å². The lowest BCUT2D eigenvalue weighted by Crippen LogP contribution is -2.46. The van der Waals surface area contributed by atoms with Crippen molar-refractivity contribution >= 4 is 23.7 Å². The first-order valence-electron chi connectivity index (χ1n) is 13.3. The SMILES string of the molecule is COC(=O)CN(C(=O)C(F)(F)F)c1c(OCCc2ccccc2)cc2c(c1F)C[C@H](CCCC(C)C)N(C(=O)O)C2. The van der Waals surface area contributed by atoms with E-state index in [-0.39, 0.29) is 35.6 Å². The van der Waals surface area contributed by atoms with Crippen LogP contribution in [0.15, 0.2) is 36.4 Å². The predicted octanol–water partition coefficient (Wildman–Crippen LogP) is 5.75. The number of alkyl halides is 3. The van der Waals surface area contributed by atoms with Gasteiger partial charge in [-0.15, -0.1) is 0 Å². The Bertz CT molecular complexity index is 1240. The molecule has 0 fully saturated rings. The largest absolute Gasteiger partial charge is 0.491 e. The maximum absolute atomic E-state index is 16.3. The number of hydrogen-bond donors (Lipinski definition) is 1. The average Bonchev–Trinajstić information content (AvgIpc) is 2.91. The summed E-state index contributed by atoms with van der Waals surface area (Å²) in [6.07, 6.45) is -4.56. The van der Waals surface area contributed by atoms with E-state index in [2.05, 4.69) is 4.74 Å². The quantitative estimate of drug-likeness (QED) is 0.268. The average molecular weight is 583 g/mol. The molecule has 2 aromatic carbocycles. The van der Waals surface area contributed by atoms with Crippen molar-refractivity contribution in [1.82, 2.24) is 4.90 Å². The highest BCUT2D eigenvalue weighted by Crippen LogP contribution is 2.41. The Kier molecular flexibility index (Phi) is 10.6. The molecule has 1 N–H and O–H groups in total. The molecule has 1 atom stereocenters. The Hall–Kier alpha value is -3.83. The van der Waals surface area contributed by atoms with Gasteiger partial charge in [-0.3, -0.25) is 14.5 Å². The molecule has 0 bridgehead atoms. The summed E-state index contributed by atoms with van der Waals surface area (Å²) < 4.78 is 67.5. The van der Waals surface area contributed by atoms with Crippen molar-refractivity contribution in [2.24, 2.45) is 5.92 Å². The first-order valence-corrected chi connectivity index (χ1v) is 13.3. The van der Waals surface area contributed by atoms with Crippen molar-refractivity contribution in [3.8, 4) is 5.75 Å². The Balaban J connectivity index is 2.09. The number of halogens is 4. The number of ether oxygens (including phenoxy) is 2. The Morgan fingerprint density at radius 1 is 1.17 bits per heavy atom. The van der Waals surface area contributed by atoms with Crippen molar-refractivity contribution in [2.45, 2.75) is 64.7 Å². The molecule has 8 nitrogen and oxygen atoms in total. The number of fused-ring (bicyclic) bond motifs is 1. The van der Waals surface area contributed by atoms with Gasteiger partial charge in [0.15, 0.2) is 5.82 Å². The Labute approximate surface area is 235 Å². The number of hydrogen-bond acceptors (Lipinski definition) is 5. The van der Waals surface area contributed by atoms with E-state index in [9.17, 15) is 32.7 Å². The topological polar surface area (TPSA) is 96.4 Å². The second-order valence-electron chi connectivity index (χ2n) is 10.3. The maximum Gasteiger partial charge on any atom is 0.471 e. The molecule has 12 heteroatoms. The monoisotopic (exact) mass is 582 g/mol. The third kappa shape index (κ3) is 8.11. The molecule has 0 radical (unpaired) electrons. The first-order chi connectivity index (χ1) is 19.3. The summed E-state index contributed by atoms with van der Waals surface area (Å²) in [5.74, 6) is -4.88. The molecule has 0 saturated carbocycles. The smallest absolute Gasteiger partial charge is 0.471 e. The van der Waals surface area contributed by atoms with Crippen LogP contribution < -0.4 is 9.64 Å². The van der Waals surface area contributed by atoms with Crippen molar-refractivity contribution < 1.29 is 46.5 Å². The summed E-state index contributed by atoms with van der Waals surface area (Å²) in [6, 6.07) is 9.62. The molecule has 1 aliphatic rings. The second kappa shape index (κ2) is 13.7. The van der Waals surface area contributed by atoms with Crippen LogP contribution in [0.4, 0.5) is 28.0 Å². The van der Waals surface area contributed by atoms with Gasteiger partial charge in [-0.05, 0) is 41.5 Å². The molecule has 1 heterocycles. The van der Waals surface area contributed by atoms with Crippen LogP contribution in [0.25, 0.3) is 0 Å². The van der Waals surface area contributed by atoms with Crippen LogP contribution in [0.3, 0.4) is 0 Å². The van der Waals surface area contributed by atoms with Crippen LogP contribution in [0.2, 0.25) is 0 Å². The molecule has 0 spiro atoms. The number of methoxy groups -OCH3 is 1. The molecule has 3 rings (SSSR count). The number of carboxylic acid groups (broad SMARTS) is 1. The molecular formula is C29H34F4N2O6. The third-order valence-corrected chi connectivity index (χ3v) is 6.95. The lowest BCUT2D eigenvalue weighted by atomic mass is 9.89. The van der Waals surface area contributed by atoms with Gasteiger partial charge in [0.05, 0.1) is 13.7 Å². The first kappa shape index (κ1) is 31.7. The molecule has 41 heavy (non-hydrogen) atoms. The second-order valence-corrected chi connectivity index (χ2v) is 10.3. The van der Waals surface area contributed by atoms with Gasteiger partial charge >= 0.3 is 24.1 Å². The molecule has 0 saturated heterocycles. The van der Waals surface area contributed by atoms with Gasteiger partial charge in [0.1, 0.15) is 18.0 Å². The summed E-state index contributed by atoms with van der Waals surface area (Å²) in [5.41, 5.74) is 0.189. The van der Waals surface area contributed by atoms with E-state index in [0.29, 0.717) is 25.2 Å². The van der Waals surface area contributed by atoms with Crippen molar-refractivity contribution in [2.75, 3.05) is 25.2 Å². The zero-order valence-electron chi connectivity index (χ0n) is 23.2. The summed E-state index contributed by atoms with van der Waals surface area (Å²) in [7, 11) is 0.932. The minimum absolute atomic E-state index is 0.0172. The van der Waals surface area contributed by atoms with Gasteiger partial charge in [-0.1, -0.05) is 57.0 Å². The van der Waals surface area contributed by atoms with Crippen LogP contribution in [0, 0.1) is 11.7 Å². The zero-order chi connectivity index (χ0) is 30.3. The van der Waals surface area contributed by atoms with E-state index < -0.39 is 54.0 Å². The number of amides is 2. The minimum Gasteiger partial charge on any atom is -0.491 e. The van der Waals surface area contributed by atoms with Crippen LogP contribution in [-0.2, 0) is 33.7 Å². The number of nitrogens with zero attached hydrogens (tertiary/aromatic N) is 2. The van der Waals surface area contributed by atoms with Gasteiger partial charge in [0.2, 0.25) is 0 Å². The molecule has 1 aliphatic heterocycles. The number of benzene rings is 2. The van der Waals surface area contributed by atoms with Crippen molar-refractivity contribution in [3.63, 3.8) is 0 Å². The van der Waals surface area contributed by atoms with E-state index in [0.717, 1.165) is 19.1 Å². The normalized spacial score (nSPS) is 14.9. The van der Waals surface area contributed by atoms with Crippen LogP contribution in [-0.4, -0.2) is 60.5 Å². The number of carbonyl (C=O) groups excluding carboxylic acids is 2. The maximum atomic E-state index is 16.3. The fourth-order valence-electron chi connectivity index (χ4n) is 4.85. The molecule has 224 valence electrons. The molecule has 0 aliphatic carbocycles. The van der Waals surface area contributed by atoms with E-state index >= 15 is 4.39 Å². The van der Waals surface area contributed by atoms with Gasteiger partial charge in [-0.2, -0.15) is 13.2 Å². The number of anilines is 1. The zero-order valence-corrected chi connectivity index (χ0v) is 23.2. The highest BCUT2D eigenvalue weighted by atomic mass is 19.4. The van der Waals surface area contributed by atoms with Gasteiger partial charge in [0, 0.05) is 19.0 Å². The lowest BCUT2D eigenvalue weighted by Gasteiger charge is -2.37. The Morgan fingerprint density at radius 2 is 1.85 bits per heavy atom. The molecule has 0 unspecified atom stereocenters. The molecule has 2 aromatic rings. The van der Waals surface area contributed by atoms with E-state index in [1.54, 1.807) is 30.3 Å². The standard InChI is InChI=1S/C29H34F4N2O6/c1-18(2)8-7-11-21-15-22-20(16-34(21)28(38)39)14-23(41-13-12-19-9-5-4-6-10-19)26(25(22)30)35(17-24(36)40-3)27(37)29(31,32)33/h4-6,9-10,14,18,21H,7-8,11-13,15-17H2,1-3H3,(H,38,39)/t21-/m0/s1. The highest BCUT2D eigenvalue weighted by molar-refractivity contribution is 6.02.